The molecule has 2 heterocycles. The zero-order valence-corrected chi connectivity index (χ0v) is 49.5. The van der Waals surface area contributed by atoms with Gasteiger partial charge < -0.3 is 46.9 Å². The summed E-state index contributed by atoms with van der Waals surface area (Å²) in [5.74, 6) is -2.72. The third-order valence-electron chi connectivity index (χ3n) is 16.2. The standard InChI is InChI=1S/C62H81N9O9Si/c1-37(69(8)60(79)80-62(5,6)7)53(72)68-49(58(77)71-36-81(9)35-51(71)57(76)67-48-23-15-19-40-17-11-13-21-46(40)48)32-38-24-30-43(31-25-38)64-54(73)41-26-28-42(29-27-41)55(74)65-44-33-50(70(34-44)59(78)52(63)61(2,3)4)56(75)66-47-22-14-18-39-16-10-12-20-45(39)47/h10-13,16-17,20-21,24-31,37,44,47-52,81H,14-15,18-19,22-23,32-36,63H2,1-9H3,(H,64,73)(H,65,74)(H,66,75)(H,67,76)(H,68,72)/t37-,44-,47+,48+,49-,50-,51-,52+,81?/m0/s1. The Kier molecular flexibility index (Phi) is 18.6. The van der Waals surface area contributed by atoms with Crippen molar-refractivity contribution in [3.8, 4) is 0 Å². The molecule has 7 N–H and O–H groups in total. The number of fused-ring (bicyclic) bond motifs is 2. The number of rotatable bonds is 15. The number of benzene rings is 4. The van der Waals surface area contributed by atoms with E-state index in [1.807, 2.05) is 57.2 Å². The van der Waals surface area contributed by atoms with E-state index in [0.29, 0.717) is 23.5 Å². The molecule has 9 atom stereocenters. The highest BCUT2D eigenvalue weighted by atomic mass is 28.3. The molecule has 2 aliphatic heterocycles. The van der Waals surface area contributed by atoms with Gasteiger partial charge in [0.05, 0.1) is 26.9 Å². The fraction of sp³-hybridized carbons (Fsp3) is 0.484. The minimum atomic E-state index is -1.55. The molecule has 0 spiro atoms. The summed E-state index contributed by atoms with van der Waals surface area (Å²) < 4.78 is 5.52. The Bertz CT molecular complexity index is 2990. The van der Waals surface area contributed by atoms with Crippen LogP contribution in [0.1, 0.15) is 141 Å². The lowest BCUT2D eigenvalue weighted by atomic mass is 9.86. The summed E-state index contributed by atoms with van der Waals surface area (Å²) in [6, 6.07) is 24.3. The van der Waals surface area contributed by atoms with Crippen LogP contribution in [0.15, 0.2) is 97.1 Å². The maximum atomic E-state index is 14.8. The number of amides is 8. The molecule has 2 saturated heterocycles. The van der Waals surface area contributed by atoms with E-state index >= 15 is 0 Å². The van der Waals surface area contributed by atoms with Crippen LogP contribution in [0, 0.1) is 5.41 Å². The number of ether oxygens (including phenoxy) is 1. The first-order valence-corrected chi connectivity index (χ1v) is 31.3. The molecular weight excluding hydrogens is 1040 g/mol. The van der Waals surface area contributed by atoms with Crippen LogP contribution in [-0.2, 0) is 48.0 Å². The summed E-state index contributed by atoms with van der Waals surface area (Å²) in [6.45, 7) is 14.6. The van der Waals surface area contributed by atoms with E-state index in [4.69, 9.17) is 10.5 Å². The molecule has 4 aromatic carbocycles. The first-order valence-electron chi connectivity index (χ1n) is 28.6. The topological polar surface area (TPSA) is 242 Å². The van der Waals surface area contributed by atoms with Gasteiger partial charge in [0.2, 0.25) is 29.5 Å². The summed E-state index contributed by atoms with van der Waals surface area (Å²) in [5, 5.41) is 15.3. The van der Waals surface area contributed by atoms with Gasteiger partial charge in [-0.15, -0.1) is 0 Å². The Balaban J connectivity index is 0.916. The number of nitrogens with zero attached hydrogens (tertiary/aromatic N) is 3. The summed E-state index contributed by atoms with van der Waals surface area (Å²) in [5.41, 5.74) is 11.3. The molecule has 2 fully saturated rings. The van der Waals surface area contributed by atoms with E-state index in [1.54, 1.807) is 56.9 Å². The van der Waals surface area contributed by atoms with Crippen molar-refractivity contribution in [1.82, 2.24) is 36.0 Å². The van der Waals surface area contributed by atoms with Crippen molar-refractivity contribution in [3.63, 3.8) is 0 Å². The lowest BCUT2D eigenvalue weighted by Gasteiger charge is -2.33. The third-order valence-corrected chi connectivity index (χ3v) is 18.5. The average Bonchev–Trinajstić information content (AvgIpc) is 4.25. The van der Waals surface area contributed by atoms with E-state index in [0.717, 1.165) is 49.7 Å². The van der Waals surface area contributed by atoms with E-state index < -0.39 is 85.8 Å². The molecule has 0 radical (unpaired) electrons. The molecule has 0 aromatic heterocycles. The number of hydrogen-bond acceptors (Lipinski definition) is 10. The fourth-order valence-electron chi connectivity index (χ4n) is 11.4. The van der Waals surface area contributed by atoms with Crippen LogP contribution in [0.4, 0.5) is 10.5 Å². The van der Waals surface area contributed by atoms with Crippen LogP contribution in [-0.4, -0.2) is 133 Å². The minimum absolute atomic E-state index is 0.0466. The number of hydrogen-bond donors (Lipinski definition) is 6. The van der Waals surface area contributed by atoms with Crippen LogP contribution >= 0.6 is 0 Å². The van der Waals surface area contributed by atoms with Gasteiger partial charge in [0.1, 0.15) is 29.8 Å². The number of carbonyl (C=O) groups excluding carboxylic acids is 8. The maximum Gasteiger partial charge on any atom is 0.410 e. The van der Waals surface area contributed by atoms with Crippen molar-refractivity contribution in [2.75, 3.05) is 25.1 Å². The summed E-state index contributed by atoms with van der Waals surface area (Å²) in [6.07, 6.45) is 5.29. The first-order chi connectivity index (χ1) is 38.3. The molecule has 19 heteroatoms. The van der Waals surface area contributed by atoms with Gasteiger partial charge in [-0.2, -0.15) is 0 Å². The SMILES string of the molecule is C[C@@H](C(=O)N[C@@H](Cc1ccc(NC(=O)c2ccc(C(=O)N[C@H]3C[C@@H](C(=O)N[C@@H]4CCCc5ccccc54)N(C(=O)[C@@H](N)C(C)(C)C)C3)cc2)cc1)C(=O)N1C[SiH](C)C[C@H]1C(=O)N[C@@H]1CCCc2ccccc21)N(C)C(=O)OC(C)(C)C. The Hall–Kier alpha value is -7.38. The summed E-state index contributed by atoms with van der Waals surface area (Å²) in [7, 11) is -0.0915. The molecular formula is C62H81N9O9Si. The van der Waals surface area contributed by atoms with Gasteiger partial charge in [-0.25, -0.2) is 4.79 Å². The molecule has 8 amide bonds. The number of likely N-dealkylation sites (N-methyl/N-ethyl adjacent to an activating group) is 1. The molecule has 1 unspecified atom stereocenters. The van der Waals surface area contributed by atoms with Crippen LogP contribution in [0.25, 0.3) is 0 Å². The second kappa shape index (κ2) is 25.2. The molecule has 0 saturated carbocycles. The van der Waals surface area contributed by atoms with Crippen LogP contribution in [0.3, 0.4) is 0 Å². The van der Waals surface area contributed by atoms with Crippen LogP contribution < -0.4 is 32.3 Å². The fourth-order valence-corrected chi connectivity index (χ4v) is 13.9. The number of nitrogens with one attached hydrogen (secondary N) is 5. The van der Waals surface area contributed by atoms with Crippen molar-refractivity contribution >= 4 is 61.9 Å². The predicted octanol–water partition coefficient (Wildman–Crippen LogP) is 6.29. The molecule has 432 valence electrons. The summed E-state index contributed by atoms with van der Waals surface area (Å²) in [4.78, 5) is 116. The van der Waals surface area contributed by atoms with Gasteiger partial charge >= 0.3 is 6.09 Å². The highest BCUT2D eigenvalue weighted by molar-refractivity contribution is 6.59. The normalized spacial score (nSPS) is 21.7. The monoisotopic (exact) mass is 1120 g/mol. The van der Waals surface area contributed by atoms with Gasteiger partial charge in [0.25, 0.3) is 11.8 Å². The minimum Gasteiger partial charge on any atom is -0.444 e. The largest absolute Gasteiger partial charge is 0.444 e. The van der Waals surface area contributed by atoms with Crippen molar-refractivity contribution in [2.24, 2.45) is 11.1 Å². The number of nitrogens with two attached hydrogens (primary N) is 1. The Morgan fingerprint density at radius 3 is 1.80 bits per heavy atom. The zero-order valence-electron chi connectivity index (χ0n) is 48.3. The van der Waals surface area contributed by atoms with Crippen molar-refractivity contribution in [1.29, 1.82) is 0 Å². The van der Waals surface area contributed by atoms with E-state index in [-0.39, 0.29) is 60.3 Å². The van der Waals surface area contributed by atoms with Gasteiger partial charge in [-0.3, -0.25) is 38.5 Å². The highest BCUT2D eigenvalue weighted by Crippen LogP contribution is 2.33. The van der Waals surface area contributed by atoms with Gasteiger partial charge in [-0.1, -0.05) is 88.0 Å². The molecule has 81 heavy (non-hydrogen) atoms. The number of carbonyl (C=O) groups is 8. The van der Waals surface area contributed by atoms with Gasteiger partial charge in [-0.05, 0) is 148 Å². The molecule has 4 aliphatic rings. The number of likely N-dealkylation sites (tertiary alicyclic amines) is 1. The highest BCUT2D eigenvalue weighted by Gasteiger charge is 2.45. The lowest BCUT2D eigenvalue weighted by molar-refractivity contribution is -0.141. The third kappa shape index (κ3) is 14.6. The van der Waals surface area contributed by atoms with Crippen molar-refractivity contribution in [2.45, 2.75) is 166 Å². The van der Waals surface area contributed by atoms with Crippen molar-refractivity contribution < 1.29 is 43.1 Å². The second-order valence-corrected chi connectivity index (χ2v) is 27.7. The Labute approximate surface area is 477 Å². The molecule has 2 aliphatic carbocycles. The van der Waals surface area contributed by atoms with E-state index in [1.165, 1.54) is 52.2 Å². The quantitative estimate of drug-likeness (QED) is 0.0728. The van der Waals surface area contributed by atoms with Gasteiger partial charge in [0.15, 0.2) is 0 Å². The van der Waals surface area contributed by atoms with Crippen LogP contribution in [0.2, 0.25) is 12.6 Å². The molecule has 4 aromatic rings. The number of anilines is 1. The molecule has 0 bridgehead atoms. The summed E-state index contributed by atoms with van der Waals surface area (Å²) >= 11 is 0. The Morgan fingerprint density at radius 2 is 1.25 bits per heavy atom. The zero-order chi connectivity index (χ0) is 58.5. The van der Waals surface area contributed by atoms with Crippen LogP contribution in [0.5, 0.6) is 0 Å². The molecule has 18 nitrogen and oxygen atoms in total. The molecule has 8 rings (SSSR count). The van der Waals surface area contributed by atoms with E-state index in [9.17, 15) is 38.4 Å². The first kappa shape index (κ1) is 59.7. The smallest absolute Gasteiger partial charge is 0.410 e. The Morgan fingerprint density at radius 1 is 0.704 bits per heavy atom. The van der Waals surface area contributed by atoms with Crippen molar-refractivity contribution in [3.05, 3.63) is 136 Å². The second-order valence-electron chi connectivity index (χ2n) is 24.7. The van der Waals surface area contributed by atoms with Gasteiger partial charge in [0, 0.05) is 49.0 Å². The lowest BCUT2D eigenvalue weighted by Crippen LogP contribution is -2.57. The maximum absolute atomic E-state index is 14.8. The average molecular weight is 1120 g/mol. The number of aryl methyl sites for hydroxylation is 2. The van der Waals surface area contributed by atoms with E-state index in [2.05, 4.69) is 45.3 Å². The predicted molar refractivity (Wildman–Crippen MR) is 313 cm³/mol.